The van der Waals surface area contributed by atoms with Crippen molar-refractivity contribution in [3.8, 4) is 0 Å². The average molecular weight is 299 g/mol. The van der Waals surface area contributed by atoms with Crippen molar-refractivity contribution >= 4 is 41.0 Å². The summed E-state index contributed by atoms with van der Waals surface area (Å²) in [4.78, 5) is 20.5. The number of benzene rings is 1. The van der Waals surface area contributed by atoms with Crippen LogP contribution in [-0.2, 0) is 4.79 Å². The van der Waals surface area contributed by atoms with Crippen LogP contribution in [0.1, 0.15) is 24.8 Å². The normalized spacial score (nSPS) is 22.0. The smallest absolute Gasteiger partial charge is 0.265 e. The Kier molecular flexibility index (Phi) is 2.75. The Bertz CT molecular complexity index is 776. The van der Waals surface area contributed by atoms with Crippen LogP contribution in [0.15, 0.2) is 45.0 Å². The zero-order valence-corrected chi connectivity index (χ0v) is 11.8. The van der Waals surface area contributed by atoms with Crippen LogP contribution in [0.5, 0.6) is 0 Å². The SMILES string of the molecule is O=C1N=C2N=C3CCCC3=NN2C1=Cc1ccccc1Cl. The van der Waals surface area contributed by atoms with Crippen molar-refractivity contribution in [1.82, 2.24) is 5.01 Å². The molecule has 1 aromatic rings. The van der Waals surface area contributed by atoms with Gasteiger partial charge in [-0.3, -0.25) is 4.79 Å². The summed E-state index contributed by atoms with van der Waals surface area (Å²) in [5.74, 6) is 0.0255. The van der Waals surface area contributed by atoms with E-state index in [1.165, 1.54) is 5.01 Å². The fourth-order valence-electron chi connectivity index (χ4n) is 2.61. The van der Waals surface area contributed by atoms with E-state index in [2.05, 4.69) is 15.1 Å². The molecule has 1 aliphatic carbocycles. The van der Waals surface area contributed by atoms with E-state index in [4.69, 9.17) is 11.6 Å². The van der Waals surface area contributed by atoms with Crippen molar-refractivity contribution in [1.29, 1.82) is 0 Å². The molecular weight excluding hydrogens is 288 g/mol. The summed E-state index contributed by atoms with van der Waals surface area (Å²) in [6, 6.07) is 7.35. The lowest BCUT2D eigenvalue weighted by atomic mass is 10.2. The highest BCUT2D eigenvalue weighted by Crippen LogP contribution is 2.28. The molecule has 4 rings (SSSR count). The first-order valence-electron chi connectivity index (χ1n) is 6.77. The highest BCUT2D eigenvalue weighted by molar-refractivity contribution is 6.46. The highest BCUT2D eigenvalue weighted by Gasteiger charge is 2.35. The predicted molar refractivity (Wildman–Crippen MR) is 82.4 cm³/mol. The van der Waals surface area contributed by atoms with Crippen LogP contribution >= 0.6 is 11.6 Å². The van der Waals surface area contributed by atoms with Crippen molar-refractivity contribution in [3.05, 3.63) is 40.5 Å². The molecular formula is C15H11ClN4O. The molecule has 3 aliphatic rings. The van der Waals surface area contributed by atoms with E-state index in [0.717, 1.165) is 36.2 Å². The average Bonchev–Trinajstić information content (AvgIpc) is 3.03. The number of carbonyl (C=O) groups excluding carboxylic acids is 1. The molecule has 0 unspecified atom stereocenters. The van der Waals surface area contributed by atoms with Gasteiger partial charge in [0.05, 0.1) is 11.4 Å². The molecule has 0 aromatic heterocycles. The van der Waals surface area contributed by atoms with E-state index in [1.54, 1.807) is 12.1 Å². The quantitative estimate of drug-likeness (QED) is 0.749. The number of hydrazone groups is 1. The van der Waals surface area contributed by atoms with E-state index in [-0.39, 0.29) is 5.91 Å². The standard InChI is InChI=1S/C15H11ClN4O/c16-10-5-2-1-4-9(10)8-13-14(21)18-15-17-11-6-3-7-12(11)19-20(13)15/h1-2,4-5,8H,3,6-7H2. The van der Waals surface area contributed by atoms with Crippen LogP contribution < -0.4 is 0 Å². The molecule has 0 saturated heterocycles. The zero-order chi connectivity index (χ0) is 14.4. The number of fused-ring (bicyclic) bond motifs is 2. The van der Waals surface area contributed by atoms with Crippen molar-refractivity contribution in [2.45, 2.75) is 19.3 Å². The third-order valence-electron chi connectivity index (χ3n) is 3.65. The predicted octanol–water partition coefficient (Wildman–Crippen LogP) is 2.87. The van der Waals surface area contributed by atoms with Crippen molar-refractivity contribution in [2.24, 2.45) is 15.1 Å². The fourth-order valence-corrected chi connectivity index (χ4v) is 2.80. The first-order chi connectivity index (χ1) is 10.2. The number of halogens is 1. The first-order valence-corrected chi connectivity index (χ1v) is 7.15. The van der Waals surface area contributed by atoms with Gasteiger partial charge in [-0.05, 0) is 37.0 Å². The topological polar surface area (TPSA) is 57.4 Å². The van der Waals surface area contributed by atoms with Gasteiger partial charge in [-0.2, -0.15) is 15.1 Å². The van der Waals surface area contributed by atoms with Crippen molar-refractivity contribution in [2.75, 3.05) is 0 Å². The molecule has 0 spiro atoms. The number of hydrogen-bond acceptors (Lipinski definition) is 4. The van der Waals surface area contributed by atoms with Crippen molar-refractivity contribution in [3.63, 3.8) is 0 Å². The summed E-state index contributed by atoms with van der Waals surface area (Å²) < 4.78 is 0. The molecule has 1 saturated carbocycles. The molecule has 1 fully saturated rings. The van der Waals surface area contributed by atoms with Gasteiger partial charge in [0.1, 0.15) is 5.70 Å². The number of guanidine groups is 1. The molecule has 1 aromatic carbocycles. The number of hydrogen-bond donors (Lipinski definition) is 0. The molecule has 0 radical (unpaired) electrons. The Morgan fingerprint density at radius 2 is 1.95 bits per heavy atom. The minimum atomic E-state index is -0.335. The molecule has 0 bridgehead atoms. The summed E-state index contributed by atoms with van der Waals surface area (Å²) in [6.45, 7) is 0. The van der Waals surface area contributed by atoms with Gasteiger partial charge in [-0.1, -0.05) is 29.8 Å². The fraction of sp³-hybridized carbons (Fsp3) is 0.200. The Morgan fingerprint density at radius 1 is 1.14 bits per heavy atom. The van der Waals surface area contributed by atoms with Gasteiger partial charge >= 0.3 is 0 Å². The zero-order valence-electron chi connectivity index (χ0n) is 11.1. The Labute approximate surface area is 126 Å². The molecule has 5 nitrogen and oxygen atoms in total. The number of amides is 1. The molecule has 104 valence electrons. The van der Waals surface area contributed by atoms with E-state index in [1.807, 2.05) is 18.2 Å². The van der Waals surface area contributed by atoms with Gasteiger partial charge in [0, 0.05) is 5.02 Å². The van der Waals surface area contributed by atoms with Gasteiger partial charge in [0.2, 0.25) is 0 Å². The Hall–Kier alpha value is -2.27. The number of rotatable bonds is 1. The maximum absolute atomic E-state index is 12.1. The molecule has 0 N–H and O–H groups in total. The Balaban J connectivity index is 1.77. The van der Waals surface area contributed by atoms with Gasteiger partial charge in [0.15, 0.2) is 0 Å². The van der Waals surface area contributed by atoms with Crippen LogP contribution in [0.2, 0.25) is 5.02 Å². The van der Waals surface area contributed by atoms with E-state index >= 15 is 0 Å². The molecule has 6 heteroatoms. The third kappa shape index (κ3) is 2.01. The number of aliphatic imine (C=N–C) groups is 2. The number of carbonyl (C=O) groups is 1. The Morgan fingerprint density at radius 3 is 2.81 bits per heavy atom. The van der Waals surface area contributed by atoms with Crippen LogP contribution in [-0.4, -0.2) is 28.3 Å². The second kappa shape index (κ2) is 4.63. The van der Waals surface area contributed by atoms with Crippen LogP contribution in [0.25, 0.3) is 6.08 Å². The van der Waals surface area contributed by atoms with Crippen LogP contribution in [0.3, 0.4) is 0 Å². The van der Waals surface area contributed by atoms with E-state index in [0.29, 0.717) is 16.7 Å². The molecule has 2 aliphatic heterocycles. The van der Waals surface area contributed by atoms with E-state index in [9.17, 15) is 4.79 Å². The maximum Gasteiger partial charge on any atom is 0.299 e. The summed E-state index contributed by atoms with van der Waals surface area (Å²) in [6.07, 6.45) is 4.57. The first kappa shape index (κ1) is 12.5. The molecule has 0 atom stereocenters. The summed E-state index contributed by atoms with van der Waals surface area (Å²) in [5, 5.41) is 6.63. The van der Waals surface area contributed by atoms with Crippen LogP contribution in [0.4, 0.5) is 0 Å². The second-order valence-corrected chi connectivity index (χ2v) is 5.45. The van der Waals surface area contributed by atoms with Crippen molar-refractivity contribution < 1.29 is 4.79 Å². The lowest BCUT2D eigenvalue weighted by Gasteiger charge is -2.18. The molecule has 21 heavy (non-hydrogen) atoms. The van der Waals surface area contributed by atoms with Crippen LogP contribution in [0, 0.1) is 0 Å². The lowest BCUT2D eigenvalue weighted by molar-refractivity contribution is -0.114. The second-order valence-electron chi connectivity index (χ2n) is 5.04. The van der Waals surface area contributed by atoms with E-state index < -0.39 is 0 Å². The minimum absolute atomic E-state index is 0.335. The maximum atomic E-state index is 12.1. The van der Waals surface area contributed by atoms with Gasteiger partial charge in [0.25, 0.3) is 11.9 Å². The minimum Gasteiger partial charge on any atom is -0.265 e. The monoisotopic (exact) mass is 298 g/mol. The summed E-state index contributed by atoms with van der Waals surface area (Å²) >= 11 is 6.14. The largest absolute Gasteiger partial charge is 0.299 e. The van der Waals surface area contributed by atoms with Gasteiger partial charge in [-0.15, -0.1) is 0 Å². The molecule has 1 amide bonds. The van der Waals surface area contributed by atoms with Gasteiger partial charge in [-0.25, -0.2) is 4.99 Å². The summed E-state index contributed by atoms with van der Waals surface area (Å²) in [5.41, 5.74) is 3.06. The lowest BCUT2D eigenvalue weighted by Crippen LogP contribution is -2.28. The highest BCUT2D eigenvalue weighted by atomic mass is 35.5. The van der Waals surface area contributed by atoms with Gasteiger partial charge < -0.3 is 0 Å². The third-order valence-corrected chi connectivity index (χ3v) is 4.00. The molecule has 2 heterocycles. The number of nitrogens with zero attached hydrogens (tertiary/aromatic N) is 4. The summed E-state index contributed by atoms with van der Waals surface area (Å²) in [7, 11) is 0.